The second kappa shape index (κ2) is 5.23. The smallest absolute Gasteiger partial charge is 0.225 e. The Morgan fingerprint density at radius 2 is 2.00 bits per heavy atom. The van der Waals surface area contributed by atoms with Crippen LogP contribution in [-0.4, -0.2) is 6.61 Å². The Bertz CT molecular complexity index is 450. The lowest BCUT2D eigenvalue weighted by molar-refractivity contribution is -0.689. The molecule has 0 N–H and O–H groups in total. The molecular weight excluding hydrogens is 218 g/mol. The maximum absolute atomic E-state index is 10.6. The van der Waals surface area contributed by atoms with Crippen LogP contribution in [0, 0.1) is 6.92 Å². The van der Waals surface area contributed by atoms with Crippen LogP contribution in [0.1, 0.15) is 16.1 Å². The Morgan fingerprint density at radius 1 is 1.25 bits per heavy atom. The van der Waals surface area contributed by atoms with E-state index in [0.717, 1.165) is 6.54 Å². The van der Waals surface area contributed by atoms with Gasteiger partial charge < -0.3 is 5.11 Å². The molecule has 0 unspecified atom stereocenters. The van der Waals surface area contributed by atoms with Gasteiger partial charge in [0.1, 0.15) is 0 Å². The highest BCUT2D eigenvalue weighted by atomic mass is 32.1. The van der Waals surface area contributed by atoms with Crippen LogP contribution in [0.25, 0.3) is 0 Å². The number of hydrogen-bond donors (Lipinski definition) is 0. The van der Waals surface area contributed by atoms with Crippen molar-refractivity contribution < 1.29 is 9.67 Å². The van der Waals surface area contributed by atoms with E-state index in [0.29, 0.717) is 6.42 Å². The summed E-state index contributed by atoms with van der Waals surface area (Å²) in [5, 5.41) is 10.6. The Kier molecular flexibility index (Phi) is 3.70. The van der Waals surface area contributed by atoms with Gasteiger partial charge >= 0.3 is 0 Å². The molecule has 0 amide bonds. The summed E-state index contributed by atoms with van der Waals surface area (Å²) in [7, 11) is 0. The fraction of sp³-hybridized carbons (Fsp3) is 0.308. The van der Waals surface area contributed by atoms with E-state index in [-0.39, 0.29) is 6.61 Å². The van der Waals surface area contributed by atoms with Gasteiger partial charge in [-0.15, -0.1) is 6.61 Å². The average Bonchev–Trinajstić information content (AvgIpc) is 2.64. The number of benzene rings is 1. The summed E-state index contributed by atoms with van der Waals surface area (Å²) in [6.45, 7) is 2.96. The van der Waals surface area contributed by atoms with E-state index < -0.39 is 0 Å². The zero-order valence-corrected chi connectivity index (χ0v) is 10.2. The van der Waals surface area contributed by atoms with E-state index in [1.54, 1.807) is 11.3 Å². The highest BCUT2D eigenvalue weighted by Gasteiger charge is 2.13. The Labute approximate surface area is 99.8 Å². The standard InChI is InChI=1S/C13H15NOS/c1-11-13(7-8-15)16-10-14(11)9-12-5-3-2-4-6-12/h2-6,10H,7-9H2,1H3. The van der Waals surface area contributed by atoms with Gasteiger partial charge in [0, 0.05) is 12.5 Å². The lowest BCUT2D eigenvalue weighted by Crippen LogP contribution is -2.35. The summed E-state index contributed by atoms with van der Waals surface area (Å²) < 4.78 is 2.21. The summed E-state index contributed by atoms with van der Waals surface area (Å²) in [6.07, 6.45) is 0.651. The first-order valence-electron chi connectivity index (χ1n) is 5.39. The molecule has 2 nitrogen and oxygen atoms in total. The summed E-state index contributed by atoms with van der Waals surface area (Å²) in [5.41, 5.74) is 4.62. The van der Waals surface area contributed by atoms with Gasteiger partial charge in [0.25, 0.3) is 0 Å². The largest absolute Gasteiger partial charge is 0.854 e. The molecule has 0 saturated carbocycles. The number of hydrogen-bond acceptors (Lipinski definition) is 2. The van der Waals surface area contributed by atoms with Crippen molar-refractivity contribution in [2.75, 3.05) is 6.61 Å². The normalized spacial score (nSPS) is 10.6. The first-order chi connectivity index (χ1) is 7.81. The topological polar surface area (TPSA) is 26.9 Å². The van der Waals surface area contributed by atoms with Crippen molar-refractivity contribution >= 4 is 11.3 Å². The molecule has 0 saturated heterocycles. The predicted molar refractivity (Wildman–Crippen MR) is 63.4 cm³/mol. The van der Waals surface area contributed by atoms with Crippen LogP contribution >= 0.6 is 11.3 Å². The first-order valence-corrected chi connectivity index (χ1v) is 6.27. The number of thiazole rings is 1. The Morgan fingerprint density at radius 3 is 2.69 bits per heavy atom. The van der Waals surface area contributed by atoms with Crippen LogP contribution in [0.4, 0.5) is 0 Å². The first kappa shape index (κ1) is 11.3. The van der Waals surface area contributed by atoms with Crippen molar-refractivity contribution in [3.05, 3.63) is 52.0 Å². The van der Waals surface area contributed by atoms with Crippen molar-refractivity contribution in [3.63, 3.8) is 0 Å². The van der Waals surface area contributed by atoms with Gasteiger partial charge in [-0.1, -0.05) is 41.7 Å². The number of rotatable bonds is 4. The van der Waals surface area contributed by atoms with Crippen molar-refractivity contribution in [2.24, 2.45) is 0 Å². The third-order valence-corrected chi connectivity index (χ3v) is 3.83. The van der Waals surface area contributed by atoms with Crippen molar-refractivity contribution in [1.29, 1.82) is 0 Å². The molecule has 0 radical (unpaired) electrons. The summed E-state index contributed by atoms with van der Waals surface area (Å²) >= 11 is 1.68. The summed E-state index contributed by atoms with van der Waals surface area (Å²) in [6, 6.07) is 10.4. The van der Waals surface area contributed by atoms with Crippen LogP contribution in [-0.2, 0) is 13.0 Å². The number of aromatic nitrogens is 1. The highest BCUT2D eigenvalue weighted by Crippen LogP contribution is 2.11. The molecule has 1 aromatic carbocycles. The lowest BCUT2D eigenvalue weighted by atomic mass is 10.2. The molecule has 1 aromatic heterocycles. The molecule has 84 valence electrons. The summed E-state index contributed by atoms with van der Waals surface area (Å²) in [4.78, 5) is 1.21. The van der Waals surface area contributed by atoms with Gasteiger partial charge in [-0.3, -0.25) is 0 Å². The third kappa shape index (κ3) is 2.49. The molecule has 0 spiro atoms. The molecule has 0 aliphatic carbocycles. The molecular formula is C13H15NOS. The maximum atomic E-state index is 10.6. The maximum Gasteiger partial charge on any atom is 0.225 e. The molecule has 0 fully saturated rings. The van der Waals surface area contributed by atoms with Crippen LogP contribution in [0.5, 0.6) is 0 Å². The molecule has 2 rings (SSSR count). The predicted octanol–water partition coefficient (Wildman–Crippen LogP) is 1.30. The minimum absolute atomic E-state index is 0.0211. The highest BCUT2D eigenvalue weighted by molar-refractivity contribution is 7.09. The zero-order chi connectivity index (χ0) is 11.4. The van der Waals surface area contributed by atoms with E-state index >= 15 is 0 Å². The van der Waals surface area contributed by atoms with Gasteiger partial charge in [-0.2, -0.15) is 4.57 Å². The molecule has 0 aliphatic rings. The molecule has 16 heavy (non-hydrogen) atoms. The molecule has 0 aliphatic heterocycles. The lowest BCUT2D eigenvalue weighted by Gasteiger charge is -2.00. The zero-order valence-electron chi connectivity index (χ0n) is 9.35. The molecule has 0 bridgehead atoms. The van der Waals surface area contributed by atoms with Crippen LogP contribution < -0.4 is 9.67 Å². The SMILES string of the molecule is Cc1c(CC[O-])sc[n+]1Cc1ccccc1. The fourth-order valence-corrected chi connectivity index (χ4v) is 2.70. The van der Waals surface area contributed by atoms with Crippen LogP contribution in [0.2, 0.25) is 0 Å². The molecule has 0 atom stereocenters. The van der Waals surface area contributed by atoms with Crippen LogP contribution in [0.3, 0.4) is 0 Å². The Balaban J connectivity index is 2.16. The van der Waals surface area contributed by atoms with E-state index in [2.05, 4.69) is 41.3 Å². The third-order valence-electron chi connectivity index (χ3n) is 2.68. The monoisotopic (exact) mass is 233 g/mol. The molecule has 1 heterocycles. The van der Waals surface area contributed by atoms with Crippen molar-refractivity contribution in [1.82, 2.24) is 0 Å². The minimum Gasteiger partial charge on any atom is -0.854 e. The van der Waals surface area contributed by atoms with Crippen LogP contribution in [0.15, 0.2) is 35.8 Å². The second-order valence-electron chi connectivity index (χ2n) is 3.80. The average molecular weight is 233 g/mol. The quantitative estimate of drug-likeness (QED) is 0.731. The van der Waals surface area contributed by atoms with Gasteiger partial charge in [0.05, 0.1) is 4.88 Å². The van der Waals surface area contributed by atoms with E-state index in [1.807, 2.05) is 6.07 Å². The van der Waals surface area contributed by atoms with Gasteiger partial charge in [0.2, 0.25) is 5.51 Å². The van der Waals surface area contributed by atoms with Gasteiger partial charge in [0.15, 0.2) is 12.2 Å². The fourth-order valence-electron chi connectivity index (χ4n) is 1.72. The Hall–Kier alpha value is -1.19. The van der Waals surface area contributed by atoms with Crippen molar-refractivity contribution in [2.45, 2.75) is 19.9 Å². The second-order valence-corrected chi connectivity index (χ2v) is 4.74. The molecule has 3 heteroatoms. The minimum atomic E-state index is -0.0211. The van der Waals surface area contributed by atoms with Crippen molar-refractivity contribution in [3.8, 4) is 0 Å². The van der Waals surface area contributed by atoms with Gasteiger partial charge in [-0.05, 0) is 6.42 Å². The summed E-state index contributed by atoms with van der Waals surface area (Å²) in [5.74, 6) is 0. The number of nitrogens with zero attached hydrogens (tertiary/aromatic N) is 1. The van der Waals surface area contributed by atoms with Gasteiger partial charge in [-0.25, -0.2) is 0 Å². The van der Waals surface area contributed by atoms with E-state index in [4.69, 9.17) is 0 Å². The molecule has 2 aromatic rings. The van der Waals surface area contributed by atoms with E-state index in [1.165, 1.54) is 16.1 Å². The van der Waals surface area contributed by atoms with E-state index in [9.17, 15) is 5.11 Å².